The highest BCUT2D eigenvalue weighted by Crippen LogP contribution is 2.40. The molecule has 0 radical (unpaired) electrons. The summed E-state index contributed by atoms with van der Waals surface area (Å²) in [5, 5.41) is 4.78. The lowest BCUT2D eigenvalue weighted by Gasteiger charge is -2.38. The Labute approximate surface area is 202 Å². The van der Waals surface area contributed by atoms with E-state index in [9.17, 15) is 9.18 Å². The average molecular weight is 469 g/mol. The number of rotatable bonds is 2. The van der Waals surface area contributed by atoms with Gasteiger partial charge in [-0.15, -0.1) is 0 Å². The SMILES string of the molecule is COC(=O)c1ccc2c(c1)N=C(N1CCCc3cc(F)ccc31)C(c1ccc3[nH]c(C)cc3c1)N2. The topological polar surface area (TPSA) is 69.7 Å². The number of carbonyl (C=O) groups is 1. The zero-order valence-electron chi connectivity index (χ0n) is 19.6. The number of aryl methyl sites for hydroxylation is 2. The molecule has 2 aliphatic rings. The highest BCUT2D eigenvalue weighted by Gasteiger charge is 2.32. The van der Waals surface area contributed by atoms with Crippen LogP contribution in [0.5, 0.6) is 0 Å². The van der Waals surface area contributed by atoms with Crippen molar-refractivity contribution in [1.82, 2.24) is 4.98 Å². The fraction of sp³-hybridized carbons (Fsp3) is 0.214. The Kier molecular flexibility index (Phi) is 5.06. The average Bonchev–Trinajstić information content (AvgIpc) is 3.25. The monoisotopic (exact) mass is 468 g/mol. The predicted octanol–water partition coefficient (Wildman–Crippen LogP) is 6.05. The van der Waals surface area contributed by atoms with Crippen LogP contribution in [0.2, 0.25) is 0 Å². The number of nitrogens with zero attached hydrogens (tertiary/aromatic N) is 2. The molecule has 1 atom stereocenters. The van der Waals surface area contributed by atoms with Crippen LogP contribution in [0.4, 0.5) is 21.5 Å². The number of aromatic nitrogens is 1. The summed E-state index contributed by atoms with van der Waals surface area (Å²) in [5.41, 5.74) is 7.17. The van der Waals surface area contributed by atoms with Crippen molar-refractivity contribution in [3.63, 3.8) is 0 Å². The van der Waals surface area contributed by atoms with Crippen LogP contribution in [-0.2, 0) is 11.2 Å². The number of ether oxygens (including phenoxy) is 1. The summed E-state index contributed by atoms with van der Waals surface area (Å²) in [6.45, 7) is 2.82. The molecule has 35 heavy (non-hydrogen) atoms. The molecule has 0 fully saturated rings. The molecule has 0 spiro atoms. The molecule has 6 rings (SSSR count). The van der Waals surface area contributed by atoms with Crippen LogP contribution >= 0.6 is 0 Å². The van der Waals surface area contributed by atoms with Crippen molar-refractivity contribution >= 4 is 39.8 Å². The Bertz CT molecular complexity index is 1510. The highest BCUT2D eigenvalue weighted by molar-refractivity contribution is 6.08. The molecule has 3 aromatic carbocycles. The number of esters is 1. The lowest BCUT2D eigenvalue weighted by Crippen LogP contribution is -2.42. The van der Waals surface area contributed by atoms with E-state index < -0.39 is 5.97 Å². The van der Waals surface area contributed by atoms with Crippen LogP contribution in [-0.4, -0.2) is 30.4 Å². The third-order valence-corrected chi connectivity index (χ3v) is 6.76. The van der Waals surface area contributed by atoms with Crippen LogP contribution in [0, 0.1) is 12.7 Å². The van der Waals surface area contributed by atoms with E-state index in [2.05, 4.69) is 39.5 Å². The second-order valence-corrected chi connectivity index (χ2v) is 9.10. The number of fused-ring (bicyclic) bond motifs is 3. The van der Waals surface area contributed by atoms with Gasteiger partial charge in [0.15, 0.2) is 0 Å². The van der Waals surface area contributed by atoms with Crippen molar-refractivity contribution in [3.05, 3.63) is 88.9 Å². The molecule has 6 nitrogen and oxygen atoms in total. The van der Waals surface area contributed by atoms with Gasteiger partial charge in [0.1, 0.15) is 17.7 Å². The van der Waals surface area contributed by atoms with Crippen LogP contribution in [0.3, 0.4) is 0 Å². The molecule has 4 aromatic rings. The van der Waals surface area contributed by atoms with Gasteiger partial charge in [0.2, 0.25) is 0 Å². The number of carbonyl (C=O) groups excluding carboxylic acids is 1. The van der Waals surface area contributed by atoms with E-state index in [4.69, 9.17) is 9.73 Å². The zero-order chi connectivity index (χ0) is 24.1. The van der Waals surface area contributed by atoms with E-state index in [0.29, 0.717) is 11.3 Å². The first-order chi connectivity index (χ1) is 17.0. The minimum absolute atomic E-state index is 0.220. The number of methoxy groups -OCH3 is 1. The van der Waals surface area contributed by atoms with Gasteiger partial charge in [0, 0.05) is 23.4 Å². The van der Waals surface area contributed by atoms with Crippen molar-refractivity contribution in [2.45, 2.75) is 25.8 Å². The van der Waals surface area contributed by atoms with Gasteiger partial charge in [-0.2, -0.15) is 0 Å². The fourth-order valence-electron chi connectivity index (χ4n) is 5.13. The van der Waals surface area contributed by atoms with Crippen molar-refractivity contribution in [1.29, 1.82) is 0 Å². The van der Waals surface area contributed by atoms with Gasteiger partial charge in [-0.1, -0.05) is 6.07 Å². The molecule has 1 aromatic heterocycles. The van der Waals surface area contributed by atoms with Gasteiger partial charge in [-0.05, 0) is 90.9 Å². The summed E-state index contributed by atoms with van der Waals surface area (Å²) >= 11 is 0. The van der Waals surface area contributed by atoms with Gasteiger partial charge in [-0.3, -0.25) is 0 Å². The van der Waals surface area contributed by atoms with Gasteiger partial charge in [-0.25, -0.2) is 14.2 Å². The number of hydrogen-bond donors (Lipinski definition) is 2. The number of aromatic amines is 1. The largest absolute Gasteiger partial charge is 0.465 e. The summed E-state index contributed by atoms with van der Waals surface area (Å²) < 4.78 is 18.9. The second-order valence-electron chi connectivity index (χ2n) is 9.10. The Morgan fingerprint density at radius 3 is 2.86 bits per heavy atom. The van der Waals surface area contributed by atoms with Gasteiger partial charge >= 0.3 is 5.97 Å². The number of halogens is 1. The standard InChI is InChI=1S/C28H25FN4O2/c1-16-12-20-13-18(5-8-22(20)30-16)26-27(33-11-3-4-17-14-21(29)7-10-25(17)33)32-24-15-19(28(34)35-2)6-9-23(24)31-26/h5-10,12-15,26,30-31H,3-4,11H2,1-2H3. The van der Waals surface area contributed by atoms with Crippen LogP contribution in [0.1, 0.15) is 39.6 Å². The molecule has 0 amide bonds. The van der Waals surface area contributed by atoms with Crippen molar-refractivity contribution in [2.24, 2.45) is 4.99 Å². The maximum atomic E-state index is 14.0. The summed E-state index contributed by atoms with van der Waals surface area (Å²) in [4.78, 5) is 22.8. The molecular formula is C28H25FN4O2. The summed E-state index contributed by atoms with van der Waals surface area (Å²) in [5.74, 6) is 0.185. The number of hydrogen-bond acceptors (Lipinski definition) is 5. The predicted molar refractivity (Wildman–Crippen MR) is 136 cm³/mol. The number of H-pyrrole nitrogens is 1. The third kappa shape index (κ3) is 3.73. The fourth-order valence-corrected chi connectivity index (χ4v) is 5.13. The number of amidine groups is 1. The first-order valence-corrected chi connectivity index (χ1v) is 11.7. The Morgan fingerprint density at radius 2 is 2.00 bits per heavy atom. The number of aliphatic imine (C=N–C) groups is 1. The van der Waals surface area contributed by atoms with Crippen molar-refractivity contribution < 1.29 is 13.9 Å². The molecule has 1 unspecified atom stereocenters. The lowest BCUT2D eigenvalue weighted by molar-refractivity contribution is 0.0601. The molecule has 0 aliphatic carbocycles. The van der Waals surface area contributed by atoms with Crippen molar-refractivity contribution in [3.8, 4) is 0 Å². The molecule has 0 saturated carbocycles. The summed E-state index contributed by atoms with van der Waals surface area (Å²) in [6, 6.07) is 18.6. The normalized spacial score (nSPS) is 16.8. The van der Waals surface area contributed by atoms with Crippen molar-refractivity contribution in [2.75, 3.05) is 23.9 Å². The number of nitrogens with one attached hydrogen (secondary N) is 2. The summed E-state index contributed by atoms with van der Waals surface area (Å²) in [7, 11) is 1.37. The Morgan fingerprint density at radius 1 is 1.11 bits per heavy atom. The zero-order valence-corrected chi connectivity index (χ0v) is 19.6. The smallest absolute Gasteiger partial charge is 0.337 e. The lowest BCUT2D eigenvalue weighted by atomic mass is 9.96. The maximum absolute atomic E-state index is 14.0. The molecule has 2 aliphatic heterocycles. The minimum Gasteiger partial charge on any atom is -0.465 e. The molecular weight excluding hydrogens is 443 g/mol. The minimum atomic E-state index is -0.404. The Hall–Kier alpha value is -4.13. The van der Waals surface area contributed by atoms with E-state index in [0.717, 1.165) is 64.3 Å². The Balaban J connectivity index is 1.51. The first kappa shape index (κ1) is 21.4. The van der Waals surface area contributed by atoms with Gasteiger partial charge in [0.05, 0.1) is 24.0 Å². The summed E-state index contributed by atoms with van der Waals surface area (Å²) in [6.07, 6.45) is 1.72. The second kappa shape index (κ2) is 8.27. The van der Waals surface area contributed by atoms with Gasteiger partial charge < -0.3 is 19.9 Å². The molecule has 0 saturated heterocycles. The van der Waals surface area contributed by atoms with Crippen LogP contribution in [0.25, 0.3) is 10.9 Å². The molecule has 2 N–H and O–H groups in total. The van der Waals surface area contributed by atoms with E-state index in [1.54, 1.807) is 18.2 Å². The van der Waals surface area contributed by atoms with Crippen LogP contribution in [0.15, 0.2) is 65.7 Å². The first-order valence-electron chi connectivity index (χ1n) is 11.7. The molecule has 7 heteroatoms. The number of benzene rings is 3. The molecule has 3 heterocycles. The van der Waals surface area contributed by atoms with E-state index in [1.807, 2.05) is 19.1 Å². The number of anilines is 2. The van der Waals surface area contributed by atoms with E-state index in [-0.39, 0.29) is 11.9 Å². The van der Waals surface area contributed by atoms with E-state index >= 15 is 0 Å². The molecule has 0 bridgehead atoms. The highest BCUT2D eigenvalue weighted by atomic mass is 19.1. The quantitative estimate of drug-likeness (QED) is 0.351. The third-order valence-electron chi connectivity index (χ3n) is 6.76. The van der Waals surface area contributed by atoms with Crippen LogP contribution < -0.4 is 10.2 Å². The molecule has 176 valence electrons. The van der Waals surface area contributed by atoms with Gasteiger partial charge in [0.25, 0.3) is 0 Å². The van der Waals surface area contributed by atoms with E-state index in [1.165, 1.54) is 13.2 Å². The maximum Gasteiger partial charge on any atom is 0.337 e.